The van der Waals surface area contributed by atoms with Gasteiger partial charge in [0.1, 0.15) is 0 Å². The van der Waals surface area contributed by atoms with E-state index in [0.717, 1.165) is 5.56 Å². The molecule has 2 aromatic rings. The summed E-state index contributed by atoms with van der Waals surface area (Å²) in [4.78, 5) is 23.0. The molecule has 0 fully saturated rings. The van der Waals surface area contributed by atoms with E-state index >= 15 is 0 Å². The second kappa shape index (κ2) is 8.74. The van der Waals surface area contributed by atoms with Crippen molar-refractivity contribution in [1.82, 2.24) is 5.32 Å². The predicted molar refractivity (Wildman–Crippen MR) is 98.3 cm³/mol. The molecule has 24 heavy (non-hydrogen) atoms. The summed E-state index contributed by atoms with van der Waals surface area (Å²) in [6.07, 6.45) is 3.79. The standard InChI is InChI=1S/C18H18ClN3O2/c1-13(23)21-17-12-15(9-10-16(17)19)22-18(24)20-11-5-8-14-6-3-2-4-7-14/h2-10,12H,11H2,1H3,(H,21,23)(H2,20,22,24)/b8-5+. The van der Waals surface area contributed by atoms with Crippen LogP contribution in [-0.4, -0.2) is 18.5 Å². The number of amides is 3. The Labute approximate surface area is 145 Å². The normalized spacial score (nSPS) is 10.4. The Hall–Kier alpha value is -2.79. The summed E-state index contributed by atoms with van der Waals surface area (Å²) in [6, 6.07) is 14.3. The van der Waals surface area contributed by atoms with Crippen LogP contribution in [0.2, 0.25) is 5.02 Å². The fourth-order valence-electron chi connectivity index (χ4n) is 1.97. The molecule has 0 heterocycles. The Balaban J connectivity index is 1.86. The summed E-state index contributed by atoms with van der Waals surface area (Å²) in [5.41, 5.74) is 2.05. The molecule has 3 amide bonds. The van der Waals surface area contributed by atoms with Crippen LogP contribution in [0.15, 0.2) is 54.6 Å². The Morgan fingerprint density at radius 2 is 1.83 bits per heavy atom. The van der Waals surface area contributed by atoms with E-state index in [-0.39, 0.29) is 11.9 Å². The van der Waals surface area contributed by atoms with Gasteiger partial charge >= 0.3 is 6.03 Å². The molecule has 0 radical (unpaired) electrons. The van der Waals surface area contributed by atoms with Crippen molar-refractivity contribution in [1.29, 1.82) is 0 Å². The number of carbonyl (C=O) groups is 2. The molecule has 124 valence electrons. The molecule has 0 aliphatic rings. The molecular weight excluding hydrogens is 326 g/mol. The molecule has 0 aliphatic carbocycles. The third kappa shape index (κ3) is 5.78. The van der Waals surface area contributed by atoms with E-state index in [1.54, 1.807) is 18.2 Å². The molecule has 0 unspecified atom stereocenters. The van der Waals surface area contributed by atoms with Gasteiger partial charge in [-0.25, -0.2) is 4.79 Å². The van der Waals surface area contributed by atoms with E-state index in [9.17, 15) is 9.59 Å². The highest BCUT2D eigenvalue weighted by Gasteiger charge is 2.06. The largest absolute Gasteiger partial charge is 0.334 e. The van der Waals surface area contributed by atoms with Crippen LogP contribution in [0.25, 0.3) is 6.08 Å². The number of carbonyl (C=O) groups excluding carboxylic acids is 2. The Morgan fingerprint density at radius 3 is 2.54 bits per heavy atom. The summed E-state index contributed by atoms with van der Waals surface area (Å²) >= 11 is 5.99. The van der Waals surface area contributed by atoms with Crippen molar-refractivity contribution >= 4 is 41.0 Å². The van der Waals surface area contributed by atoms with Crippen molar-refractivity contribution in [2.24, 2.45) is 0 Å². The van der Waals surface area contributed by atoms with E-state index in [1.807, 2.05) is 42.5 Å². The van der Waals surface area contributed by atoms with Crippen molar-refractivity contribution in [3.63, 3.8) is 0 Å². The van der Waals surface area contributed by atoms with E-state index in [0.29, 0.717) is 22.9 Å². The minimum atomic E-state index is -0.344. The van der Waals surface area contributed by atoms with Crippen LogP contribution in [0, 0.1) is 0 Å². The summed E-state index contributed by atoms with van der Waals surface area (Å²) in [7, 11) is 0. The fraction of sp³-hybridized carbons (Fsp3) is 0.111. The number of anilines is 2. The van der Waals surface area contributed by atoms with Gasteiger partial charge in [0, 0.05) is 19.2 Å². The van der Waals surface area contributed by atoms with Crippen LogP contribution >= 0.6 is 11.6 Å². The monoisotopic (exact) mass is 343 g/mol. The second-order valence-electron chi connectivity index (χ2n) is 5.02. The van der Waals surface area contributed by atoms with Gasteiger partial charge in [0.25, 0.3) is 0 Å². The minimum Gasteiger partial charge on any atom is -0.334 e. The minimum absolute atomic E-state index is 0.232. The smallest absolute Gasteiger partial charge is 0.319 e. The number of rotatable bonds is 5. The first kappa shape index (κ1) is 17.6. The highest BCUT2D eigenvalue weighted by Crippen LogP contribution is 2.25. The lowest BCUT2D eigenvalue weighted by atomic mass is 10.2. The molecular formula is C18H18ClN3O2. The highest BCUT2D eigenvalue weighted by atomic mass is 35.5. The van der Waals surface area contributed by atoms with Crippen LogP contribution in [0.3, 0.4) is 0 Å². The number of hydrogen-bond acceptors (Lipinski definition) is 2. The van der Waals surface area contributed by atoms with E-state index in [4.69, 9.17) is 11.6 Å². The van der Waals surface area contributed by atoms with Gasteiger partial charge in [0.2, 0.25) is 5.91 Å². The van der Waals surface area contributed by atoms with Gasteiger partial charge in [-0.15, -0.1) is 0 Å². The maximum absolute atomic E-state index is 11.9. The van der Waals surface area contributed by atoms with Crippen LogP contribution in [0.1, 0.15) is 12.5 Å². The quantitative estimate of drug-likeness (QED) is 0.763. The molecule has 3 N–H and O–H groups in total. The first-order chi connectivity index (χ1) is 11.5. The van der Waals surface area contributed by atoms with Gasteiger partial charge in [-0.05, 0) is 23.8 Å². The second-order valence-corrected chi connectivity index (χ2v) is 5.43. The van der Waals surface area contributed by atoms with Gasteiger partial charge in [0.15, 0.2) is 0 Å². The zero-order valence-corrected chi connectivity index (χ0v) is 13.9. The summed E-state index contributed by atoms with van der Waals surface area (Å²) in [5.74, 6) is -0.232. The number of hydrogen-bond donors (Lipinski definition) is 3. The number of benzene rings is 2. The molecule has 0 aromatic heterocycles. The maximum Gasteiger partial charge on any atom is 0.319 e. The molecule has 2 aromatic carbocycles. The Morgan fingerprint density at radius 1 is 1.08 bits per heavy atom. The number of halogens is 1. The van der Waals surface area contributed by atoms with E-state index in [1.165, 1.54) is 6.92 Å². The number of urea groups is 1. The van der Waals surface area contributed by atoms with E-state index < -0.39 is 0 Å². The predicted octanol–water partition coefficient (Wildman–Crippen LogP) is 4.13. The number of nitrogens with one attached hydrogen (secondary N) is 3. The first-order valence-electron chi connectivity index (χ1n) is 7.38. The van der Waals surface area contributed by atoms with Crippen LogP contribution in [-0.2, 0) is 4.79 Å². The highest BCUT2D eigenvalue weighted by molar-refractivity contribution is 6.33. The topological polar surface area (TPSA) is 70.2 Å². The van der Waals surface area contributed by atoms with Gasteiger partial charge < -0.3 is 16.0 Å². The van der Waals surface area contributed by atoms with Crippen molar-refractivity contribution < 1.29 is 9.59 Å². The van der Waals surface area contributed by atoms with E-state index in [2.05, 4.69) is 16.0 Å². The summed E-state index contributed by atoms with van der Waals surface area (Å²) in [6.45, 7) is 1.79. The average molecular weight is 344 g/mol. The molecule has 6 heteroatoms. The zero-order chi connectivity index (χ0) is 17.4. The van der Waals surface area contributed by atoms with Crippen LogP contribution in [0.4, 0.5) is 16.2 Å². The Kier molecular flexibility index (Phi) is 6.40. The molecule has 2 rings (SSSR count). The molecule has 0 saturated heterocycles. The molecule has 0 saturated carbocycles. The van der Waals surface area contributed by atoms with Crippen molar-refractivity contribution in [3.05, 3.63) is 65.2 Å². The van der Waals surface area contributed by atoms with Gasteiger partial charge in [0.05, 0.1) is 10.7 Å². The third-order valence-corrected chi connectivity index (χ3v) is 3.35. The SMILES string of the molecule is CC(=O)Nc1cc(NC(=O)NC/C=C/c2ccccc2)ccc1Cl. The molecule has 0 spiro atoms. The molecule has 0 bridgehead atoms. The molecule has 0 atom stereocenters. The first-order valence-corrected chi connectivity index (χ1v) is 7.76. The lowest BCUT2D eigenvalue weighted by Crippen LogP contribution is -2.28. The molecule has 5 nitrogen and oxygen atoms in total. The zero-order valence-electron chi connectivity index (χ0n) is 13.2. The summed E-state index contributed by atoms with van der Waals surface area (Å²) < 4.78 is 0. The lowest BCUT2D eigenvalue weighted by Gasteiger charge is -2.10. The van der Waals surface area contributed by atoms with Gasteiger partial charge in [-0.1, -0.05) is 54.1 Å². The average Bonchev–Trinajstić information content (AvgIpc) is 2.55. The summed E-state index contributed by atoms with van der Waals surface area (Å²) in [5, 5.41) is 8.41. The molecule has 0 aliphatic heterocycles. The maximum atomic E-state index is 11.9. The van der Waals surface area contributed by atoms with Crippen molar-refractivity contribution in [2.75, 3.05) is 17.2 Å². The Bertz CT molecular complexity index is 745. The lowest BCUT2D eigenvalue weighted by molar-refractivity contribution is -0.114. The van der Waals surface area contributed by atoms with Gasteiger partial charge in [-0.2, -0.15) is 0 Å². The third-order valence-electron chi connectivity index (χ3n) is 3.03. The van der Waals surface area contributed by atoms with Crippen LogP contribution < -0.4 is 16.0 Å². The van der Waals surface area contributed by atoms with Crippen LogP contribution in [0.5, 0.6) is 0 Å². The van der Waals surface area contributed by atoms with Crippen molar-refractivity contribution in [3.8, 4) is 0 Å². The fourth-order valence-corrected chi connectivity index (χ4v) is 2.14. The van der Waals surface area contributed by atoms with Gasteiger partial charge in [-0.3, -0.25) is 4.79 Å². The van der Waals surface area contributed by atoms with Crippen molar-refractivity contribution in [2.45, 2.75) is 6.92 Å².